The molecule has 0 unspecified atom stereocenters. The number of nitrogens with one attached hydrogen (secondary N) is 1. The molecule has 3 aromatic carbocycles. The van der Waals surface area contributed by atoms with E-state index < -0.39 is 0 Å². The largest absolute Gasteiger partial charge is 0.497 e. The number of hydrogen-bond acceptors (Lipinski definition) is 5. The minimum atomic E-state index is -0.230. The molecule has 0 aliphatic carbocycles. The molecule has 0 aliphatic rings. The number of hydrogen-bond donors (Lipinski definition) is 1. The number of methoxy groups -OCH3 is 2. The van der Waals surface area contributed by atoms with Crippen molar-refractivity contribution < 1.29 is 18.7 Å². The van der Waals surface area contributed by atoms with Gasteiger partial charge in [-0.1, -0.05) is 18.2 Å². The molecule has 2 heterocycles. The van der Waals surface area contributed by atoms with Crippen molar-refractivity contribution in [2.24, 2.45) is 0 Å². The first-order valence-corrected chi connectivity index (χ1v) is 11.6. The van der Waals surface area contributed by atoms with Crippen molar-refractivity contribution in [3.8, 4) is 22.6 Å². The predicted octanol–water partition coefficient (Wildman–Crippen LogP) is 7.02. The lowest BCUT2D eigenvalue weighted by Crippen LogP contribution is -2.09. The third-order valence-corrected chi connectivity index (χ3v) is 6.33. The van der Waals surface area contributed by atoms with Crippen molar-refractivity contribution in [2.75, 3.05) is 19.5 Å². The zero-order valence-electron chi connectivity index (χ0n) is 20.6. The van der Waals surface area contributed by atoms with E-state index in [0.717, 1.165) is 55.4 Å². The third-order valence-electron chi connectivity index (χ3n) is 6.33. The number of aryl methyl sites for hydroxylation is 1. The Bertz CT molecular complexity index is 1610. The maximum absolute atomic E-state index is 13.0. The standard InChI is InChI=1S/C30H26N2O4/c1-18(15-28(33)32-27-9-5-8-26-22(27)7-6-14-31-26)23-16-24-25(20-10-12-21(34-3)13-11-20)17-36-30(24)19(2)29(23)35-4/h5-17H,1-4H3,(H,32,33)/b18-15+. The number of pyridine rings is 1. The van der Waals surface area contributed by atoms with Crippen LogP contribution >= 0.6 is 0 Å². The number of ether oxygens (including phenoxy) is 2. The average Bonchev–Trinajstić information content (AvgIpc) is 3.33. The molecule has 5 rings (SSSR count). The van der Waals surface area contributed by atoms with E-state index >= 15 is 0 Å². The second-order valence-corrected chi connectivity index (χ2v) is 8.53. The fourth-order valence-electron chi connectivity index (χ4n) is 4.52. The number of furan rings is 1. The number of aromatic nitrogens is 1. The Labute approximate surface area is 209 Å². The van der Waals surface area contributed by atoms with Crippen LogP contribution in [-0.2, 0) is 4.79 Å². The van der Waals surface area contributed by atoms with Gasteiger partial charge in [-0.25, -0.2) is 0 Å². The van der Waals surface area contributed by atoms with Crippen molar-refractivity contribution in [1.29, 1.82) is 0 Å². The summed E-state index contributed by atoms with van der Waals surface area (Å²) in [5, 5.41) is 4.82. The topological polar surface area (TPSA) is 73.6 Å². The molecule has 1 amide bonds. The lowest BCUT2D eigenvalue weighted by molar-refractivity contribution is -0.111. The van der Waals surface area contributed by atoms with Crippen molar-refractivity contribution in [3.63, 3.8) is 0 Å². The SMILES string of the molecule is COc1ccc(-c2coc3c(C)c(OC)c(/C(C)=C/C(=O)Nc4cccc5ncccc45)cc23)cc1. The highest BCUT2D eigenvalue weighted by Gasteiger charge is 2.19. The molecule has 0 fully saturated rings. The number of carbonyl (C=O) groups is 1. The molecule has 0 saturated carbocycles. The van der Waals surface area contributed by atoms with Gasteiger partial charge in [-0.2, -0.15) is 0 Å². The van der Waals surface area contributed by atoms with E-state index in [-0.39, 0.29) is 5.91 Å². The lowest BCUT2D eigenvalue weighted by atomic mass is 9.96. The number of amides is 1. The number of allylic oxidation sites excluding steroid dienone is 1. The van der Waals surface area contributed by atoms with Crippen LogP contribution in [0.1, 0.15) is 18.1 Å². The summed E-state index contributed by atoms with van der Waals surface area (Å²) < 4.78 is 17.0. The fourth-order valence-corrected chi connectivity index (χ4v) is 4.52. The van der Waals surface area contributed by atoms with E-state index in [9.17, 15) is 4.79 Å². The van der Waals surface area contributed by atoms with Crippen LogP contribution in [0.25, 0.3) is 38.6 Å². The van der Waals surface area contributed by atoms with Crippen LogP contribution in [0.4, 0.5) is 5.69 Å². The molecule has 1 N–H and O–H groups in total. The molecular formula is C30H26N2O4. The Kier molecular flexibility index (Phi) is 6.17. The zero-order chi connectivity index (χ0) is 25.2. The Morgan fingerprint density at radius 1 is 1.00 bits per heavy atom. The van der Waals surface area contributed by atoms with Gasteiger partial charge in [0.15, 0.2) is 0 Å². The molecule has 0 radical (unpaired) electrons. The Morgan fingerprint density at radius 2 is 1.81 bits per heavy atom. The number of rotatable bonds is 6. The number of carbonyl (C=O) groups excluding carboxylic acids is 1. The first-order valence-electron chi connectivity index (χ1n) is 11.6. The van der Waals surface area contributed by atoms with E-state index in [4.69, 9.17) is 13.9 Å². The molecule has 180 valence electrons. The lowest BCUT2D eigenvalue weighted by Gasteiger charge is -2.13. The molecule has 0 aliphatic heterocycles. The molecule has 6 nitrogen and oxygen atoms in total. The van der Waals surface area contributed by atoms with Gasteiger partial charge in [0.05, 0.1) is 31.7 Å². The Morgan fingerprint density at radius 3 is 2.56 bits per heavy atom. The second-order valence-electron chi connectivity index (χ2n) is 8.53. The average molecular weight is 479 g/mol. The summed E-state index contributed by atoms with van der Waals surface area (Å²) in [6, 6.07) is 19.3. The predicted molar refractivity (Wildman–Crippen MR) is 144 cm³/mol. The highest BCUT2D eigenvalue weighted by molar-refractivity contribution is 6.09. The minimum absolute atomic E-state index is 0.230. The van der Waals surface area contributed by atoms with Crippen molar-refractivity contribution >= 4 is 39.0 Å². The van der Waals surface area contributed by atoms with Crippen LogP contribution in [0, 0.1) is 6.92 Å². The monoisotopic (exact) mass is 478 g/mol. The van der Waals surface area contributed by atoms with Gasteiger partial charge in [0.25, 0.3) is 0 Å². The molecule has 6 heteroatoms. The van der Waals surface area contributed by atoms with Crippen LogP contribution in [0.3, 0.4) is 0 Å². The van der Waals surface area contributed by atoms with Gasteiger partial charge >= 0.3 is 0 Å². The summed E-state index contributed by atoms with van der Waals surface area (Å²) in [5.41, 5.74) is 6.73. The quantitative estimate of drug-likeness (QED) is 0.266. The smallest absolute Gasteiger partial charge is 0.248 e. The number of nitrogens with zero attached hydrogens (tertiary/aromatic N) is 1. The number of benzene rings is 3. The van der Waals surface area contributed by atoms with Gasteiger partial charge in [-0.15, -0.1) is 0 Å². The van der Waals surface area contributed by atoms with Crippen LogP contribution in [0.2, 0.25) is 0 Å². The molecular weight excluding hydrogens is 452 g/mol. The molecule has 0 spiro atoms. The summed E-state index contributed by atoms with van der Waals surface area (Å²) in [7, 11) is 3.27. The summed E-state index contributed by atoms with van der Waals surface area (Å²) in [6.45, 7) is 3.86. The Hall–Kier alpha value is -4.58. The van der Waals surface area contributed by atoms with E-state index in [1.807, 2.05) is 74.5 Å². The summed E-state index contributed by atoms with van der Waals surface area (Å²) in [5.74, 6) is 1.23. The number of anilines is 1. The van der Waals surface area contributed by atoms with E-state index in [1.54, 1.807) is 32.8 Å². The summed E-state index contributed by atoms with van der Waals surface area (Å²) >= 11 is 0. The second kappa shape index (κ2) is 9.58. The van der Waals surface area contributed by atoms with E-state index in [0.29, 0.717) is 11.4 Å². The first kappa shape index (κ1) is 23.2. The minimum Gasteiger partial charge on any atom is -0.497 e. The van der Waals surface area contributed by atoms with Gasteiger partial charge in [-0.05, 0) is 67.4 Å². The summed E-state index contributed by atoms with van der Waals surface area (Å²) in [4.78, 5) is 17.4. The van der Waals surface area contributed by atoms with Crippen LogP contribution < -0.4 is 14.8 Å². The van der Waals surface area contributed by atoms with Crippen molar-refractivity contribution in [1.82, 2.24) is 4.98 Å². The van der Waals surface area contributed by atoms with E-state index in [1.165, 1.54) is 0 Å². The molecule has 0 bridgehead atoms. The highest BCUT2D eigenvalue weighted by Crippen LogP contribution is 2.40. The highest BCUT2D eigenvalue weighted by atomic mass is 16.5. The van der Waals surface area contributed by atoms with Gasteiger partial charge in [-0.3, -0.25) is 9.78 Å². The molecule has 0 saturated heterocycles. The maximum Gasteiger partial charge on any atom is 0.248 e. The summed E-state index contributed by atoms with van der Waals surface area (Å²) in [6.07, 6.45) is 5.08. The molecule has 5 aromatic rings. The zero-order valence-corrected chi connectivity index (χ0v) is 20.6. The van der Waals surface area contributed by atoms with Crippen molar-refractivity contribution in [3.05, 3.63) is 90.3 Å². The van der Waals surface area contributed by atoms with Crippen LogP contribution in [-0.4, -0.2) is 25.1 Å². The van der Waals surface area contributed by atoms with Crippen molar-refractivity contribution in [2.45, 2.75) is 13.8 Å². The third kappa shape index (κ3) is 4.18. The van der Waals surface area contributed by atoms with Crippen LogP contribution in [0.15, 0.2) is 83.6 Å². The van der Waals surface area contributed by atoms with Gasteiger partial charge < -0.3 is 19.2 Å². The molecule has 36 heavy (non-hydrogen) atoms. The van der Waals surface area contributed by atoms with Gasteiger partial charge in [0.1, 0.15) is 17.1 Å². The normalized spacial score (nSPS) is 11.6. The molecule has 2 aromatic heterocycles. The fraction of sp³-hybridized carbons (Fsp3) is 0.133. The van der Waals surface area contributed by atoms with Gasteiger partial charge in [0, 0.05) is 39.7 Å². The van der Waals surface area contributed by atoms with E-state index in [2.05, 4.69) is 10.3 Å². The molecule has 0 atom stereocenters. The first-order chi connectivity index (χ1) is 17.5. The van der Waals surface area contributed by atoms with Gasteiger partial charge in [0.2, 0.25) is 5.91 Å². The Balaban J connectivity index is 1.54. The van der Waals surface area contributed by atoms with Crippen LogP contribution in [0.5, 0.6) is 11.5 Å². The number of fused-ring (bicyclic) bond motifs is 2. The maximum atomic E-state index is 13.0.